The zero-order valence-corrected chi connectivity index (χ0v) is 10.8. The summed E-state index contributed by atoms with van der Waals surface area (Å²) >= 11 is 0. The van der Waals surface area contributed by atoms with Crippen LogP contribution >= 0.6 is 0 Å². The quantitative estimate of drug-likeness (QED) is 0.632. The fraction of sp³-hybridized carbons (Fsp3) is 0.267. The second-order valence-corrected chi connectivity index (χ2v) is 3.97. The molecule has 4 heteroatoms. The van der Waals surface area contributed by atoms with Crippen molar-refractivity contribution < 1.29 is 14.3 Å². The summed E-state index contributed by atoms with van der Waals surface area (Å²) in [5, 5.41) is 8.65. The molecule has 0 aliphatic rings. The van der Waals surface area contributed by atoms with Crippen LogP contribution in [-0.4, -0.2) is 24.2 Å². The van der Waals surface area contributed by atoms with Gasteiger partial charge in [0.1, 0.15) is 5.82 Å². The zero-order valence-electron chi connectivity index (χ0n) is 10.8. The van der Waals surface area contributed by atoms with Gasteiger partial charge in [-0.15, -0.1) is 6.42 Å². The number of carboxylic acids is 1. The lowest BCUT2D eigenvalue weighted by molar-refractivity contribution is -0.131. The van der Waals surface area contributed by atoms with Gasteiger partial charge in [-0.2, -0.15) is 0 Å². The zero-order chi connectivity index (χ0) is 14.3. The Bertz CT molecular complexity index is 517. The number of hydrogen-bond donors (Lipinski definition) is 1. The second-order valence-electron chi connectivity index (χ2n) is 3.97. The van der Waals surface area contributed by atoms with Crippen molar-refractivity contribution in [1.82, 2.24) is 0 Å². The number of terminal acetylenes is 1. The molecule has 1 rings (SSSR count). The maximum absolute atomic E-state index is 14.0. The smallest absolute Gasteiger partial charge is 0.328 e. The summed E-state index contributed by atoms with van der Waals surface area (Å²) < 4.78 is 14.0. The van der Waals surface area contributed by atoms with E-state index in [1.807, 2.05) is 6.92 Å². The van der Waals surface area contributed by atoms with E-state index in [1.54, 1.807) is 17.0 Å². The van der Waals surface area contributed by atoms with Gasteiger partial charge in [0.05, 0.1) is 12.2 Å². The van der Waals surface area contributed by atoms with Gasteiger partial charge in [0.25, 0.3) is 0 Å². The summed E-state index contributed by atoms with van der Waals surface area (Å²) in [7, 11) is 0. The number of carbonyl (C=O) groups is 1. The van der Waals surface area contributed by atoms with E-state index in [-0.39, 0.29) is 6.54 Å². The summed E-state index contributed by atoms with van der Waals surface area (Å²) in [6.07, 6.45) is 8.47. The van der Waals surface area contributed by atoms with Crippen LogP contribution in [0.1, 0.15) is 18.9 Å². The predicted molar refractivity (Wildman–Crippen MR) is 74.4 cm³/mol. The topological polar surface area (TPSA) is 40.5 Å². The predicted octanol–water partition coefficient (Wildman–Crippen LogP) is 2.77. The Labute approximate surface area is 112 Å². The number of rotatable bonds is 6. The van der Waals surface area contributed by atoms with Gasteiger partial charge >= 0.3 is 5.97 Å². The first-order chi connectivity index (χ1) is 9.10. The number of aliphatic carboxylic acids is 1. The molecule has 0 aliphatic heterocycles. The fourth-order valence-electron chi connectivity index (χ4n) is 1.81. The first kappa shape index (κ1) is 14.8. The van der Waals surface area contributed by atoms with Crippen molar-refractivity contribution in [2.45, 2.75) is 13.3 Å². The van der Waals surface area contributed by atoms with Crippen molar-refractivity contribution in [3.05, 3.63) is 35.7 Å². The lowest BCUT2D eigenvalue weighted by atomic mass is 10.1. The summed E-state index contributed by atoms with van der Waals surface area (Å²) in [4.78, 5) is 12.3. The molecular weight excluding hydrogens is 245 g/mol. The standard InChI is InChI=1S/C15H16FNO2/c1-3-10-17(11-4-2)15-12(8-9-14(18)19)6-5-7-13(15)16/h1,5-9H,4,10-11H2,2H3,(H,18,19)/b9-8+. The molecular formula is C15H16FNO2. The highest BCUT2D eigenvalue weighted by molar-refractivity contribution is 5.87. The van der Waals surface area contributed by atoms with Gasteiger partial charge in [0.2, 0.25) is 0 Å². The number of anilines is 1. The van der Waals surface area contributed by atoms with E-state index in [1.165, 1.54) is 12.1 Å². The molecule has 0 aliphatic carbocycles. The van der Waals surface area contributed by atoms with E-state index in [0.29, 0.717) is 17.8 Å². The molecule has 0 fully saturated rings. The van der Waals surface area contributed by atoms with Crippen LogP contribution in [0.5, 0.6) is 0 Å². The highest BCUT2D eigenvalue weighted by atomic mass is 19.1. The molecule has 0 radical (unpaired) electrons. The average Bonchev–Trinajstić information content (AvgIpc) is 2.36. The molecule has 19 heavy (non-hydrogen) atoms. The van der Waals surface area contributed by atoms with Crippen LogP contribution in [0.25, 0.3) is 6.08 Å². The van der Waals surface area contributed by atoms with Gasteiger partial charge in [-0.3, -0.25) is 0 Å². The molecule has 0 unspecified atom stereocenters. The third kappa shape index (κ3) is 4.14. The Morgan fingerprint density at radius 2 is 2.32 bits per heavy atom. The van der Waals surface area contributed by atoms with Crippen molar-refractivity contribution in [1.29, 1.82) is 0 Å². The Morgan fingerprint density at radius 3 is 2.89 bits per heavy atom. The summed E-state index contributed by atoms with van der Waals surface area (Å²) in [6.45, 7) is 2.86. The lowest BCUT2D eigenvalue weighted by Gasteiger charge is -2.24. The van der Waals surface area contributed by atoms with Crippen LogP contribution in [0.15, 0.2) is 24.3 Å². The van der Waals surface area contributed by atoms with E-state index in [0.717, 1.165) is 12.5 Å². The van der Waals surface area contributed by atoms with Gasteiger partial charge in [-0.25, -0.2) is 9.18 Å². The molecule has 0 spiro atoms. The SMILES string of the molecule is C#CCN(CCC)c1c(F)cccc1/C=C/C(=O)O. The summed E-state index contributed by atoms with van der Waals surface area (Å²) in [5.74, 6) is 1.01. The molecule has 1 N–H and O–H groups in total. The van der Waals surface area contributed by atoms with Crippen molar-refractivity contribution in [2.24, 2.45) is 0 Å². The van der Waals surface area contributed by atoms with Gasteiger partial charge < -0.3 is 10.0 Å². The van der Waals surface area contributed by atoms with E-state index >= 15 is 0 Å². The third-order valence-corrected chi connectivity index (χ3v) is 2.52. The van der Waals surface area contributed by atoms with Crippen LogP contribution in [0.4, 0.5) is 10.1 Å². The second kappa shape index (κ2) is 7.22. The van der Waals surface area contributed by atoms with Crippen LogP contribution in [0.3, 0.4) is 0 Å². The van der Waals surface area contributed by atoms with Gasteiger partial charge in [-0.1, -0.05) is 25.0 Å². The van der Waals surface area contributed by atoms with Crippen molar-refractivity contribution in [2.75, 3.05) is 18.0 Å². The molecule has 1 aromatic carbocycles. The normalized spacial score (nSPS) is 10.4. The number of benzene rings is 1. The Balaban J connectivity index is 3.22. The van der Waals surface area contributed by atoms with E-state index in [2.05, 4.69) is 5.92 Å². The largest absolute Gasteiger partial charge is 0.478 e. The number of halogens is 1. The van der Waals surface area contributed by atoms with Crippen molar-refractivity contribution in [3.8, 4) is 12.3 Å². The van der Waals surface area contributed by atoms with Crippen LogP contribution in [0, 0.1) is 18.2 Å². The fourth-order valence-corrected chi connectivity index (χ4v) is 1.81. The molecule has 0 bridgehead atoms. The first-order valence-corrected chi connectivity index (χ1v) is 5.98. The number of nitrogens with zero attached hydrogens (tertiary/aromatic N) is 1. The van der Waals surface area contributed by atoms with Crippen LogP contribution in [0.2, 0.25) is 0 Å². The maximum atomic E-state index is 14.0. The monoisotopic (exact) mass is 261 g/mol. The molecule has 0 saturated carbocycles. The number of para-hydroxylation sites is 1. The molecule has 100 valence electrons. The number of carboxylic acid groups (broad SMARTS) is 1. The van der Waals surface area contributed by atoms with Gasteiger partial charge in [0.15, 0.2) is 0 Å². The minimum atomic E-state index is -1.07. The highest BCUT2D eigenvalue weighted by Crippen LogP contribution is 2.25. The molecule has 0 heterocycles. The molecule has 0 aromatic heterocycles. The van der Waals surface area contributed by atoms with Gasteiger partial charge in [-0.05, 0) is 18.6 Å². The Hall–Kier alpha value is -2.28. The average molecular weight is 261 g/mol. The van der Waals surface area contributed by atoms with Crippen LogP contribution < -0.4 is 4.90 Å². The first-order valence-electron chi connectivity index (χ1n) is 5.98. The van der Waals surface area contributed by atoms with Crippen molar-refractivity contribution in [3.63, 3.8) is 0 Å². The maximum Gasteiger partial charge on any atom is 0.328 e. The number of hydrogen-bond acceptors (Lipinski definition) is 2. The lowest BCUT2D eigenvalue weighted by Crippen LogP contribution is -2.26. The summed E-state index contributed by atoms with van der Waals surface area (Å²) in [5.41, 5.74) is 0.853. The highest BCUT2D eigenvalue weighted by Gasteiger charge is 2.13. The third-order valence-electron chi connectivity index (χ3n) is 2.52. The van der Waals surface area contributed by atoms with Crippen molar-refractivity contribution >= 4 is 17.7 Å². The minimum absolute atomic E-state index is 0.280. The molecule has 3 nitrogen and oxygen atoms in total. The summed E-state index contributed by atoms with van der Waals surface area (Å²) in [6, 6.07) is 4.55. The van der Waals surface area contributed by atoms with E-state index in [4.69, 9.17) is 11.5 Å². The molecule has 0 atom stereocenters. The van der Waals surface area contributed by atoms with E-state index in [9.17, 15) is 9.18 Å². The van der Waals surface area contributed by atoms with Gasteiger partial charge in [0, 0.05) is 18.2 Å². The Kier molecular flexibility index (Phi) is 5.62. The molecule has 0 amide bonds. The van der Waals surface area contributed by atoms with E-state index < -0.39 is 11.8 Å². The Morgan fingerprint density at radius 1 is 1.58 bits per heavy atom. The molecule has 1 aromatic rings. The van der Waals surface area contributed by atoms with Crippen LogP contribution in [-0.2, 0) is 4.79 Å². The molecule has 0 saturated heterocycles. The minimum Gasteiger partial charge on any atom is -0.478 e.